The molecule has 0 saturated heterocycles. The zero-order chi connectivity index (χ0) is 12.3. The summed E-state index contributed by atoms with van der Waals surface area (Å²) in [5.74, 6) is 0.767. The minimum Gasteiger partial charge on any atom is -0.493 e. The minimum atomic E-state index is -0.426. The highest BCUT2D eigenvalue weighted by Crippen LogP contribution is 2.31. The van der Waals surface area contributed by atoms with Gasteiger partial charge in [0.25, 0.3) is 0 Å². The van der Waals surface area contributed by atoms with Crippen molar-refractivity contribution in [3.05, 3.63) is 29.8 Å². The van der Waals surface area contributed by atoms with Crippen molar-refractivity contribution in [2.24, 2.45) is 5.73 Å². The highest BCUT2D eigenvalue weighted by Gasteiger charge is 2.24. The molecule has 0 spiro atoms. The van der Waals surface area contributed by atoms with Crippen molar-refractivity contribution in [1.29, 1.82) is 0 Å². The van der Waals surface area contributed by atoms with Crippen LogP contribution in [0, 0.1) is 0 Å². The van der Waals surface area contributed by atoms with Crippen molar-refractivity contribution < 1.29 is 9.53 Å². The number of para-hydroxylation sites is 1. The standard InChI is InChI=1S/C13H18N2O2.ClH/c1-2-10(14)13(16)15-11-7-8-17-12-6-4-3-5-9(11)12;/h3-6,10-11H,2,7-8,14H2,1H3,(H,15,16);1H/t10-,11?;/m0./s1. The van der Waals surface area contributed by atoms with E-state index in [1.54, 1.807) is 0 Å². The largest absolute Gasteiger partial charge is 0.493 e. The van der Waals surface area contributed by atoms with Crippen LogP contribution in [0.1, 0.15) is 31.4 Å². The molecule has 3 N–H and O–H groups in total. The highest BCUT2D eigenvalue weighted by molar-refractivity contribution is 5.85. The van der Waals surface area contributed by atoms with E-state index >= 15 is 0 Å². The van der Waals surface area contributed by atoms with Crippen molar-refractivity contribution in [2.45, 2.75) is 31.8 Å². The number of carbonyl (C=O) groups is 1. The SMILES string of the molecule is CC[C@H](N)C(=O)NC1CCOc2ccccc21.Cl. The lowest BCUT2D eigenvalue weighted by atomic mass is 10.00. The van der Waals surface area contributed by atoms with Gasteiger partial charge in [0.1, 0.15) is 5.75 Å². The van der Waals surface area contributed by atoms with Crippen LogP contribution in [0.15, 0.2) is 24.3 Å². The molecule has 2 rings (SSSR count). The lowest BCUT2D eigenvalue weighted by Crippen LogP contribution is -2.42. The Balaban J connectivity index is 0.00000162. The fourth-order valence-electron chi connectivity index (χ4n) is 1.96. The number of rotatable bonds is 3. The molecule has 1 aliphatic rings. The number of amides is 1. The Kier molecular flexibility index (Phi) is 5.44. The van der Waals surface area contributed by atoms with Crippen molar-refractivity contribution in [3.63, 3.8) is 0 Å². The number of hydrogen-bond donors (Lipinski definition) is 2. The Morgan fingerprint density at radius 2 is 2.28 bits per heavy atom. The van der Waals surface area contributed by atoms with Gasteiger partial charge in [0, 0.05) is 12.0 Å². The number of nitrogens with two attached hydrogens (primary N) is 1. The van der Waals surface area contributed by atoms with Crippen molar-refractivity contribution >= 4 is 18.3 Å². The monoisotopic (exact) mass is 270 g/mol. The van der Waals surface area contributed by atoms with Gasteiger partial charge in [-0.05, 0) is 12.5 Å². The third kappa shape index (κ3) is 3.15. The Hall–Kier alpha value is -1.26. The second kappa shape index (κ2) is 6.61. The van der Waals surface area contributed by atoms with Gasteiger partial charge in [0.15, 0.2) is 0 Å². The van der Waals surface area contributed by atoms with Gasteiger partial charge in [-0.3, -0.25) is 4.79 Å². The van der Waals surface area contributed by atoms with Crippen LogP contribution >= 0.6 is 12.4 Å². The van der Waals surface area contributed by atoms with E-state index in [0.29, 0.717) is 13.0 Å². The normalized spacial score (nSPS) is 18.9. The summed E-state index contributed by atoms with van der Waals surface area (Å²) in [7, 11) is 0. The number of hydrogen-bond acceptors (Lipinski definition) is 3. The first-order valence-electron chi connectivity index (χ1n) is 6.00. The third-order valence-corrected chi connectivity index (χ3v) is 3.05. The summed E-state index contributed by atoms with van der Waals surface area (Å²) in [6, 6.07) is 7.38. The van der Waals surface area contributed by atoms with E-state index in [2.05, 4.69) is 5.32 Å². The smallest absolute Gasteiger partial charge is 0.237 e. The van der Waals surface area contributed by atoms with Crippen LogP contribution in [0.25, 0.3) is 0 Å². The van der Waals surface area contributed by atoms with E-state index in [9.17, 15) is 4.79 Å². The maximum atomic E-state index is 11.8. The summed E-state index contributed by atoms with van der Waals surface area (Å²) in [5, 5.41) is 2.98. The predicted molar refractivity (Wildman–Crippen MR) is 73.0 cm³/mol. The predicted octanol–water partition coefficient (Wildman–Crippen LogP) is 1.79. The Morgan fingerprint density at radius 3 is 3.00 bits per heavy atom. The summed E-state index contributed by atoms with van der Waals surface area (Å²) in [6.45, 7) is 2.53. The van der Waals surface area contributed by atoms with Crippen molar-refractivity contribution in [3.8, 4) is 5.75 Å². The topological polar surface area (TPSA) is 64.4 Å². The van der Waals surface area contributed by atoms with Crippen LogP contribution in [0.5, 0.6) is 5.75 Å². The van der Waals surface area contributed by atoms with Crippen molar-refractivity contribution in [1.82, 2.24) is 5.32 Å². The molecule has 0 bridgehead atoms. The molecule has 0 saturated carbocycles. The lowest BCUT2D eigenvalue weighted by Gasteiger charge is -2.27. The maximum Gasteiger partial charge on any atom is 0.237 e. The Labute approximate surface area is 113 Å². The van der Waals surface area contributed by atoms with Gasteiger partial charge in [-0.2, -0.15) is 0 Å². The van der Waals surface area contributed by atoms with Gasteiger partial charge in [0.05, 0.1) is 18.7 Å². The fourth-order valence-corrected chi connectivity index (χ4v) is 1.96. The molecule has 0 radical (unpaired) electrons. The summed E-state index contributed by atoms with van der Waals surface area (Å²) in [6.07, 6.45) is 1.44. The van der Waals surface area contributed by atoms with Crippen LogP contribution in [-0.2, 0) is 4.79 Å². The first kappa shape index (κ1) is 14.8. The second-order valence-corrected chi connectivity index (χ2v) is 4.25. The van der Waals surface area contributed by atoms with Gasteiger partial charge in [-0.1, -0.05) is 25.1 Å². The molecular weight excluding hydrogens is 252 g/mol. The van der Waals surface area contributed by atoms with Crippen LogP contribution in [-0.4, -0.2) is 18.6 Å². The molecule has 5 heteroatoms. The number of ether oxygens (including phenoxy) is 1. The molecule has 1 aromatic rings. The minimum absolute atomic E-state index is 0. The zero-order valence-corrected chi connectivity index (χ0v) is 11.2. The quantitative estimate of drug-likeness (QED) is 0.880. The zero-order valence-electron chi connectivity index (χ0n) is 10.4. The molecule has 1 aromatic carbocycles. The molecular formula is C13H19ClN2O2. The van der Waals surface area contributed by atoms with E-state index in [-0.39, 0.29) is 24.4 Å². The van der Waals surface area contributed by atoms with E-state index in [4.69, 9.17) is 10.5 Å². The Bertz CT molecular complexity index is 412. The first-order chi connectivity index (χ1) is 8.22. The number of benzene rings is 1. The summed E-state index contributed by atoms with van der Waals surface area (Å²) in [4.78, 5) is 11.8. The molecule has 0 aromatic heterocycles. The number of nitrogens with one attached hydrogen (secondary N) is 1. The van der Waals surface area contributed by atoms with E-state index in [1.807, 2.05) is 31.2 Å². The van der Waals surface area contributed by atoms with E-state index in [1.165, 1.54) is 0 Å². The molecule has 4 nitrogen and oxygen atoms in total. The molecule has 1 amide bonds. The number of carbonyl (C=O) groups excluding carboxylic acids is 1. The molecule has 0 aliphatic carbocycles. The highest BCUT2D eigenvalue weighted by atomic mass is 35.5. The molecule has 0 fully saturated rings. The van der Waals surface area contributed by atoms with Crippen LogP contribution in [0.2, 0.25) is 0 Å². The van der Waals surface area contributed by atoms with E-state index < -0.39 is 6.04 Å². The molecule has 1 heterocycles. The van der Waals surface area contributed by atoms with E-state index in [0.717, 1.165) is 17.7 Å². The molecule has 100 valence electrons. The first-order valence-corrected chi connectivity index (χ1v) is 6.00. The molecule has 1 aliphatic heterocycles. The van der Waals surface area contributed by atoms with Crippen LogP contribution in [0.3, 0.4) is 0 Å². The third-order valence-electron chi connectivity index (χ3n) is 3.05. The Morgan fingerprint density at radius 1 is 1.56 bits per heavy atom. The van der Waals surface area contributed by atoms with Gasteiger partial charge in [0.2, 0.25) is 5.91 Å². The van der Waals surface area contributed by atoms with Gasteiger partial charge < -0.3 is 15.8 Å². The molecule has 2 atom stereocenters. The second-order valence-electron chi connectivity index (χ2n) is 4.25. The number of halogens is 1. The molecule has 1 unspecified atom stereocenters. The summed E-state index contributed by atoms with van der Waals surface area (Å²) in [5.41, 5.74) is 6.75. The summed E-state index contributed by atoms with van der Waals surface area (Å²) < 4.78 is 5.54. The number of fused-ring (bicyclic) bond motifs is 1. The maximum absolute atomic E-state index is 11.8. The van der Waals surface area contributed by atoms with Gasteiger partial charge in [-0.25, -0.2) is 0 Å². The fraction of sp³-hybridized carbons (Fsp3) is 0.462. The average molecular weight is 271 g/mol. The van der Waals surface area contributed by atoms with Crippen LogP contribution in [0.4, 0.5) is 0 Å². The average Bonchev–Trinajstić information content (AvgIpc) is 2.38. The van der Waals surface area contributed by atoms with Gasteiger partial charge in [-0.15, -0.1) is 12.4 Å². The van der Waals surface area contributed by atoms with Gasteiger partial charge >= 0.3 is 0 Å². The molecule has 18 heavy (non-hydrogen) atoms. The van der Waals surface area contributed by atoms with Crippen LogP contribution < -0.4 is 15.8 Å². The lowest BCUT2D eigenvalue weighted by molar-refractivity contribution is -0.123. The van der Waals surface area contributed by atoms with Crippen molar-refractivity contribution in [2.75, 3.05) is 6.61 Å². The summed E-state index contributed by atoms with van der Waals surface area (Å²) >= 11 is 0.